The number of nitrogens with two attached hydrogens (primary N) is 1. The summed E-state index contributed by atoms with van der Waals surface area (Å²) in [5, 5.41) is 10.8. The molecule has 0 aliphatic carbocycles. The molecule has 0 radical (unpaired) electrons. The molecule has 3 rings (SSSR count). The lowest BCUT2D eigenvalue weighted by Crippen LogP contribution is -2.45. The van der Waals surface area contributed by atoms with E-state index in [0.717, 1.165) is 5.56 Å². The van der Waals surface area contributed by atoms with Gasteiger partial charge >= 0.3 is 0 Å². The molecule has 0 bridgehead atoms. The van der Waals surface area contributed by atoms with Gasteiger partial charge < -0.3 is 15.7 Å². The molecule has 1 aliphatic heterocycles. The molecule has 2 aromatic heterocycles. The Kier molecular flexibility index (Phi) is 4.00. The van der Waals surface area contributed by atoms with Crippen molar-refractivity contribution in [3.05, 3.63) is 53.5 Å². The molecule has 0 spiro atoms. The minimum Gasteiger partial charge on any atom is -0.384 e. The van der Waals surface area contributed by atoms with E-state index < -0.39 is 5.60 Å². The molecule has 1 fully saturated rings. The first-order valence-electron chi connectivity index (χ1n) is 7.64. The summed E-state index contributed by atoms with van der Waals surface area (Å²) < 4.78 is 0. The van der Waals surface area contributed by atoms with E-state index in [9.17, 15) is 9.90 Å². The number of anilines is 1. The van der Waals surface area contributed by atoms with Crippen LogP contribution in [-0.2, 0) is 5.60 Å². The molecule has 6 nitrogen and oxygen atoms in total. The van der Waals surface area contributed by atoms with Crippen LogP contribution in [0.3, 0.4) is 0 Å². The molecule has 0 unspecified atom stereocenters. The Morgan fingerprint density at radius 3 is 2.61 bits per heavy atom. The molecule has 0 atom stereocenters. The monoisotopic (exact) mass is 312 g/mol. The molecule has 0 aromatic carbocycles. The average Bonchev–Trinajstić information content (AvgIpc) is 2.55. The van der Waals surface area contributed by atoms with Gasteiger partial charge in [0.2, 0.25) is 0 Å². The van der Waals surface area contributed by atoms with Crippen LogP contribution in [-0.4, -0.2) is 39.0 Å². The zero-order valence-electron chi connectivity index (χ0n) is 13.1. The second kappa shape index (κ2) is 5.96. The molecule has 120 valence electrons. The minimum absolute atomic E-state index is 0.0852. The normalized spacial score (nSPS) is 17.0. The molecule has 3 heterocycles. The van der Waals surface area contributed by atoms with Crippen LogP contribution in [0.15, 0.2) is 36.7 Å². The average molecular weight is 312 g/mol. The van der Waals surface area contributed by atoms with Gasteiger partial charge in [-0.2, -0.15) is 0 Å². The van der Waals surface area contributed by atoms with Gasteiger partial charge in [-0.3, -0.25) is 9.78 Å². The third-order valence-electron chi connectivity index (χ3n) is 4.29. The Morgan fingerprint density at radius 1 is 1.26 bits per heavy atom. The third kappa shape index (κ3) is 3.17. The van der Waals surface area contributed by atoms with Crippen LogP contribution in [0.4, 0.5) is 5.82 Å². The van der Waals surface area contributed by atoms with Gasteiger partial charge in [-0.1, -0.05) is 6.07 Å². The van der Waals surface area contributed by atoms with E-state index in [-0.39, 0.29) is 5.91 Å². The van der Waals surface area contributed by atoms with Crippen molar-refractivity contribution in [1.82, 2.24) is 14.9 Å². The minimum atomic E-state index is -0.970. The van der Waals surface area contributed by atoms with Crippen molar-refractivity contribution in [1.29, 1.82) is 0 Å². The number of aromatic nitrogens is 2. The zero-order valence-corrected chi connectivity index (χ0v) is 13.1. The molecule has 6 heteroatoms. The summed E-state index contributed by atoms with van der Waals surface area (Å²) in [6.45, 7) is 2.92. The van der Waals surface area contributed by atoms with Crippen LogP contribution >= 0.6 is 0 Å². The summed E-state index contributed by atoms with van der Waals surface area (Å²) in [5.41, 5.74) is 6.91. The van der Waals surface area contributed by atoms with Crippen molar-refractivity contribution >= 4 is 11.7 Å². The molecule has 0 saturated carbocycles. The van der Waals surface area contributed by atoms with Crippen LogP contribution in [0.1, 0.15) is 34.5 Å². The summed E-state index contributed by atoms with van der Waals surface area (Å²) in [6, 6.07) is 7.03. The Morgan fingerprint density at radius 2 is 2.00 bits per heavy atom. The number of carbonyl (C=O) groups is 1. The van der Waals surface area contributed by atoms with E-state index in [4.69, 9.17) is 5.73 Å². The lowest BCUT2D eigenvalue weighted by molar-refractivity contribution is -0.0244. The number of nitrogen functional groups attached to an aromatic ring is 1. The summed E-state index contributed by atoms with van der Waals surface area (Å²) in [5.74, 6) is 0.242. The lowest BCUT2D eigenvalue weighted by atomic mass is 9.87. The van der Waals surface area contributed by atoms with E-state index in [2.05, 4.69) is 9.97 Å². The van der Waals surface area contributed by atoms with Crippen molar-refractivity contribution in [2.24, 2.45) is 0 Å². The number of nitrogens with zero attached hydrogens (tertiary/aromatic N) is 3. The van der Waals surface area contributed by atoms with E-state index in [1.54, 1.807) is 23.2 Å². The van der Waals surface area contributed by atoms with Crippen molar-refractivity contribution in [2.75, 3.05) is 18.8 Å². The van der Waals surface area contributed by atoms with E-state index >= 15 is 0 Å². The van der Waals surface area contributed by atoms with E-state index in [1.807, 2.05) is 19.1 Å². The van der Waals surface area contributed by atoms with E-state index in [1.165, 1.54) is 6.20 Å². The number of carbonyl (C=O) groups excluding carboxylic acids is 1. The Labute approximate surface area is 135 Å². The van der Waals surface area contributed by atoms with Crippen molar-refractivity contribution < 1.29 is 9.90 Å². The van der Waals surface area contributed by atoms with Gasteiger partial charge in [0.05, 0.1) is 5.69 Å². The number of pyridine rings is 2. The number of rotatable bonds is 2. The van der Waals surface area contributed by atoms with Crippen LogP contribution in [0.5, 0.6) is 0 Å². The van der Waals surface area contributed by atoms with E-state index in [0.29, 0.717) is 43.0 Å². The Balaban J connectivity index is 1.70. The first-order valence-corrected chi connectivity index (χ1v) is 7.64. The third-order valence-corrected chi connectivity index (χ3v) is 4.29. The molecule has 1 amide bonds. The maximum Gasteiger partial charge on any atom is 0.254 e. The quantitative estimate of drug-likeness (QED) is 0.876. The van der Waals surface area contributed by atoms with Gasteiger partial charge in [-0.15, -0.1) is 0 Å². The van der Waals surface area contributed by atoms with Crippen LogP contribution in [0.2, 0.25) is 0 Å². The first-order chi connectivity index (χ1) is 11.0. The maximum absolute atomic E-state index is 12.5. The Bertz CT molecular complexity index is 707. The van der Waals surface area contributed by atoms with Crippen molar-refractivity contribution in [3.63, 3.8) is 0 Å². The number of hydrogen-bond donors (Lipinski definition) is 2. The molecule has 23 heavy (non-hydrogen) atoms. The molecule has 1 saturated heterocycles. The lowest BCUT2D eigenvalue weighted by Gasteiger charge is -2.37. The van der Waals surface area contributed by atoms with Gasteiger partial charge in [-0.05, 0) is 43.5 Å². The fourth-order valence-electron chi connectivity index (χ4n) is 2.84. The van der Waals surface area contributed by atoms with Crippen LogP contribution in [0, 0.1) is 6.92 Å². The van der Waals surface area contributed by atoms with Gasteiger partial charge in [0, 0.05) is 31.0 Å². The fraction of sp³-hybridized carbons (Fsp3) is 0.353. The standard InChI is InChI=1S/C17H20N4O2/c1-12-2-3-14(20-11-12)17(23)5-8-21(9-6-17)16(22)13-4-7-19-15(18)10-13/h2-4,7,10-11,23H,5-6,8-9H2,1H3,(H2,18,19). The second-order valence-corrected chi connectivity index (χ2v) is 6.01. The maximum atomic E-state index is 12.5. The summed E-state index contributed by atoms with van der Waals surface area (Å²) >= 11 is 0. The number of aliphatic hydroxyl groups is 1. The molecule has 2 aromatic rings. The van der Waals surface area contributed by atoms with Gasteiger partial charge in [0.1, 0.15) is 11.4 Å². The second-order valence-electron chi connectivity index (χ2n) is 6.01. The fourth-order valence-corrected chi connectivity index (χ4v) is 2.84. The number of hydrogen-bond acceptors (Lipinski definition) is 5. The highest BCUT2D eigenvalue weighted by Crippen LogP contribution is 2.32. The highest BCUT2D eigenvalue weighted by Gasteiger charge is 2.36. The molecule has 1 aliphatic rings. The first kappa shape index (κ1) is 15.4. The molecular formula is C17H20N4O2. The largest absolute Gasteiger partial charge is 0.384 e. The molecular weight excluding hydrogens is 292 g/mol. The smallest absolute Gasteiger partial charge is 0.254 e. The van der Waals surface area contributed by atoms with Crippen LogP contribution < -0.4 is 5.73 Å². The zero-order chi connectivity index (χ0) is 16.4. The van der Waals surface area contributed by atoms with Crippen molar-refractivity contribution in [3.8, 4) is 0 Å². The highest BCUT2D eigenvalue weighted by atomic mass is 16.3. The molecule has 3 N–H and O–H groups in total. The van der Waals surface area contributed by atoms with Gasteiger partial charge in [-0.25, -0.2) is 4.98 Å². The predicted octanol–water partition coefficient (Wildman–Crippen LogP) is 1.49. The summed E-state index contributed by atoms with van der Waals surface area (Å²) in [4.78, 5) is 22.5. The van der Waals surface area contributed by atoms with Gasteiger partial charge in [0.25, 0.3) is 5.91 Å². The highest BCUT2D eigenvalue weighted by molar-refractivity contribution is 5.94. The summed E-state index contributed by atoms with van der Waals surface area (Å²) in [7, 11) is 0. The SMILES string of the molecule is Cc1ccc(C2(O)CCN(C(=O)c3ccnc(N)c3)CC2)nc1. The number of piperidine rings is 1. The number of likely N-dealkylation sites (tertiary alicyclic amines) is 1. The van der Waals surface area contributed by atoms with Gasteiger partial charge in [0.15, 0.2) is 0 Å². The number of amides is 1. The predicted molar refractivity (Wildman–Crippen MR) is 86.7 cm³/mol. The topological polar surface area (TPSA) is 92.3 Å². The number of aryl methyl sites for hydroxylation is 1. The van der Waals surface area contributed by atoms with Crippen LogP contribution in [0.25, 0.3) is 0 Å². The van der Waals surface area contributed by atoms with Crippen molar-refractivity contribution in [2.45, 2.75) is 25.4 Å². The Hall–Kier alpha value is -2.47. The summed E-state index contributed by atoms with van der Waals surface area (Å²) in [6.07, 6.45) is 4.22.